The van der Waals surface area contributed by atoms with E-state index in [0.717, 1.165) is 22.7 Å². The summed E-state index contributed by atoms with van der Waals surface area (Å²) >= 11 is 0. The Morgan fingerprint density at radius 3 is 2.61 bits per heavy atom. The number of nitrogen functional groups attached to an aromatic ring is 1. The lowest BCUT2D eigenvalue weighted by Crippen LogP contribution is -2.06. The van der Waals surface area contributed by atoms with Gasteiger partial charge in [0, 0.05) is 41.4 Å². The lowest BCUT2D eigenvalue weighted by Gasteiger charge is -2.07. The lowest BCUT2D eigenvalue weighted by atomic mass is 10.0. The van der Waals surface area contributed by atoms with E-state index in [9.17, 15) is 12.8 Å². The van der Waals surface area contributed by atoms with Gasteiger partial charge in [-0.1, -0.05) is 6.07 Å². The molecule has 190 valence electrons. The van der Waals surface area contributed by atoms with Crippen molar-refractivity contribution in [3.8, 4) is 33.9 Å². The van der Waals surface area contributed by atoms with Crippen LogP contribution in [0.3, 0.4) is 0 Å². The molecule has 0 aliphatic rings. The summed E-state index contributed by atoms with van der Waals surface area (Å²) in [6.45, 7) is 0. The van der Waals surface area contributed by atoms with Crippen LogP contribution >= 0.6 is 0 Å². The highest BCUT2D eigenvalue weighted by molar-refractivity contribution is 7.90. The van der Waals surface area contributed by atoms with Gasteiger partial charge in [0.1, 0.15) is 21.3 Å². The summed E-state index contributed by atoms with van der Waals surface area (Å²) in [5.41, 5.74) is 12.1. The molecule has 0 unspecified atom stereocenters. The Morgan fingerprint density at radius 1 is 0.947 bits per heavy atom. The first-order valence-corrected chi connectivity index (χ1v) is 13.7. The van der Waals surface area contributed by atoms with E-state index < -0.39 is 15.7 Å². The molecule has 0 saturated heterocycles. The monoisotopic (exact) mass is 528 g/mol. The van der Waals surface area contributed by atoms with Crippen molar-refractivity contribution in [2.24, 2.45) is 0 Å². The standard InChI is InChI=1S/C26H21FN8O2S/c1-38(36,37)3-2-14-4-15(6-17(27)5-14)20-11-30-12-23-24(20)33-26(32-23)25-19-8-21(31-13-22(19)34-35-25)16-7-18(28)10-29-9-16/h4-13H,2-3,28H2,1H3,(H,32,33)(H,34,35). The fraction of sp³-hybridized carbons (Fsp3) is 0.115. The van der Waals surface area contributed by atoms with Crippen LogP contribution in [0.4, 0.5) is 10.1 Å². The molecule has 38 heavy (non-hydrogen) atoms. The fourth-order valence-electron chi connectivity index (χ4n) is 4.36. The van der Waals surface area contributed by atoms with Gasteiger partial charge in [0.05, 0.1) is 46.1 Å². The molecule has 0 bridgehead atoms. The highest BCUT2D eigenvalue weighted by Crippen LogP contribution is 2.33. The number of rotatable bonds is 6. The maximum Gasteiger partial charge on any atom is 0.159 e. The number of hydrogen-bond acceptors (Lipinski definition) is 8. The van der Waals surface area contributed by atoms with Crippen LogP contribution in [0, 0.1) is 5.82 Å². The number of pyridine rings is 3. The Balaban J connectivity index is 1.43. The number of nitrogens with zero attached hydrogens (tertiary/aromatic N) is 5. The maximum atomic E-state index is 14.5. The van der Waals surface area contributed by atoms with Crippen molar-refractivity contribution < 1.29 is 12.8 Å². The highest BCUT2D eigenvalue weighted by atomic mass is 32.2. The number of imidazole rings is 1. The number of H-pyrrole nitrogens is 2. The molecule has 0 saturated carbocycles. The molecule has 10 nitrogen and oxygen atoms in total. The van der Waals surface area contributed by atoms with E-state index in [1.54, 1.807) is 43.1 Å². The van der Waals surface area contributed by atoms with Gasteiger partial charge in [-0.15, -0.1) is 0 Å². The second-order valence-corrected chi connectivity index (χ2v) is 11.4. The molecule has 5 heterocycles. The minimum atomic E-state index is -3.19. The summed E-state index contributed by atoms with van der Waals surface area (Å²) in [4.78, 5) is 21.0. The number of aryl methyl sites for hydroxylation is 1. The van der Waals surface area contributed by atoms with E-state index in [1.807, 2.05) is 6.07 Å². The van der Waals surface area contributed by atoms with Crippen molar-refractivity contribution in [1.82, 2.24) is 35.1 Å². The second kappa shape index (κ2) is 8.99. The molecule has 0 radical (unpaired) electrons. The first-order valence-electron chi connectivity index (χ1n) is 11.6. The number of aromatic amines is 2. The molecular formula is C26H21FN8O2S. The molecule has 0 amide bonds. The zero-order valence-corrected chi connectivity index (χ0v) is 20.9. The number of anilines is 1. The Kier molecular flexibility index (Phi) is 5.60. The van der Waals surface area contributed by atoms with Gasteiger partial charge in [0.25, 0.3) is 0 Å². The van der Waals surface area contributed by atoms with Crippen molar-refractivity contribution in [1.29, 1.82) is 0 Å². The summed E-state index contributed by atoms with van der Waals surface area (Å²) in [5.74, 6) is -0.0373. The minimum Gasteiger partial charge on any atom is -0.397 e. The molecule has 6 rings (SSSR count). The summed E-state index contributed by atoms with van der Waals surface area (Å²) in [7, 11) is -3.19. The highest BCUT2D eigenvalue weighted by Gasteiger charge is 2.17. The van der Waals surface area contributed by atoms with E-state index >= 15 is 0 Å². The largest absolute Gasteiger partial charge is 0.397 e. The van der Waals surface area contributed by atoms with Crippen LogP contribution in [0.5, 0.6) is 0 Å². The van der Waals surface area contributed by atoms with E-state index in [-0.39, 0.29) is 12.2 Å². The van der Waals surface area contributed by atoms with Crippen molar-refractivity contribution in [3.63, 3.8) is 0 Å². The Labute approximate surface area is 216 Å². The first-order chi connectivity index (χ1) is 18.2. The maximum absolute atomic E-state index is 14.5. The van der Waals surface area contributed by atoms with Gasteiger partial charge in [-0.2, -0.15) is 5.10 Å². The number of nitrogens with one attached hydrogen (secondary N) is 2. The van der Waals surface area contributed by atoms with Gasteiger partial charge in [-0.05, 0) is 41.8 Å². The van der Waals surface area contributed by atoms with Crippen LogP contribution in [-0.4, -0.2) is 55.5 Å². The van der Waals surface area contributed by atoms with Crippen LogP contribution in [0.2, 0.25) is 0 Å². The van der Waals surface area contributed by atoms with E-state index in [4.69, 9.17) is 10.7 Å². The summed E-state index contributed by atoms with van der Waals surface area (Å²) < 4.78 is 37.7. The summed E-state index contributed by atoms with van der Waals surface area (Å²) in [5, 5.41) is 8.23. The smallest absolute Gasteiger partial charge is 0.159 e. The Morgan fingerprint density at radius 2 is 1.79 bits per heavy atom. The molecule has 0 spiro atoms. The number of hydrogen-bond donors (Lipinski definition) is 3. The van der Waals surface area contributed by atoms with E-state index in [1.165, 1.54) is 12.1 Å². The topological polar surface area (TPSA) is 156 Å². The molecule has 5 aromatic heterocycles. The predicted molar refractivity (Wildman–Crippen MR) is 143 cm³/mol. The number of benzene rings is 1. The third-order valence-corrected chi connectivity index (χ3v) is 7.10. The molecule has 0 fully saturated rings. The van der Waals surface area contributed by atoms with Crippen LogP contribution in [0.1, 0.15) is 5.56 Å². The van der Waals surface area contributed by atoms with Crippen molar-refractivity contribution in [2.75, 3.05) is 17.7 Å². The Hall–Kier alpha value is -4.71. The molecule has 12 heteroatoms. The lowest BCUT2D eigenvalue weighted by molar-refractivity contribution is 0.600. The molecule has 4 N–H and O–H groups in total. The summed E-state index contributed by atoms with van der Waals surface area (Å²) in [6, 6.07) is 8.17. The second-order valence-electron chi connectivity index (χ2n) is 9.09. The third kappa shape index (κ3) is 4.57. The number of nitrogens with two attached hydrogens (primary N) is 1. The van der Waals surface area contributed by atoms with Gasteiger partial charge in [-0.25, -0.2) is 17.8 Å². The van der Waals surface area contributed by atoms with Crippen LogP contribution < -0.4 is 5.73 Å². The molecule has 6 aromatic rings. The molecular weight excluding hydrogens is 507 g/mol. The SMILES string of the molecule is CS(=O)(=O)CCc1cc(F)cc(-c2cncc3[nH]c(-c4n[nH]c5cnc(-c6cncc(N)c6)cc45)nc23)c1. The molecule has 0 aliphatic heterocycles. The number of aromatic nitrogens is 7. The van der Waals surface area contributed by atoms with Gasteiger partial charge in [-0.3, -0.25) is 20.1 Å². The molecule has 0 aliphatic carbocycles. The zero-order chi connectivity index (χ0) is 26.4. The normalized spacial score (nSPS) is 11.9. The molecule has 0 atom stereocenters. The van der Waals surface area contributed by atoms with Crippen molar-refractivity contribution in [2.45, 2.75) is 6.42 Å². The van der Waals surface area contributed by atoms with E-state index in [2.05, 4.69) is 30.1 Å². The van der Waals surface area contributed by atoms with Gasteiger partial charge >= 0.3 is 0 Å². The number of halogens is 1. The van der Waals surface area contributed by atoms with Crippen LogP contribution in [0.25, 0.3) is 55.8 Å². The average molecular weight is 529 g/mol. The number of fused-ring (bicyclic) bond motifs is 2. The van der Waals surface area contributed by atoms with Gasteiger partial charge in [0.15, 0.2) is 5.82 Å². The first kappa shape index (κ1) is 23.7. The van der Waals surface area contributed by atoms with E-state index in [0.29, 0.717) is 50.6 Å². The predicted octanol–water partition coefficient (Wildman–Crippen LogP) is 3.93. The third-order valence-electron chi connectivity index (χ3n) is 6.15. The van der Waals surface area contributed by atoms with Crippen LogP contribution in [-0.2, 0) is 16.3 Å². The Bertz CT molecular complexity index is 1950. The number of sulfone groups is 1. The molecule has 1 aromatic carbocycles. The van der Waals surface area contributed by atoms with Gasteiger partial charge in [0.2, 0.25) is 0 Å². The van der Waals surface area contributed by atoms with Crippen LogP contribution in [0.15, 0.2) is 61.3 Å². The fourth-order valence-corrected chi connectivity index (χ4v) is 4.97. The summed E-state index contributed by atoms with van der Waals surface area (Å²) in [6.07, 6.45) is 9.55. The quantitative estimate of drug-likeness (QED) is 0.293. The minimum absolute atomic E-state index is 0.0698. The van der Waals surface area contributed by atoms with Gasteiger partial charge < -0.3 is 10.7 Å². The average Bonchev–Trinajstić information content (AvgIpc) is 3.50. The zero-order valence-electron chi connectivity index (χ0n) is 20.1. The van der Waals surface area contributed by atoms with Crippen molar-refractivity contribution >= 4 is 37.5 Å². The van der Waals surface area contributed by atoms with Crippen molar-refractivity contribution in [3.05, 3.63) is 72.7 Å².